The molecule has 26 heavy (non-hydrogen) atoms. The lowest BCUT2D eigenvalue weighted by Crippen LogP contribution is -2.42. The summed E-state index contributed by atoms with van der Waals surface area (Å²) in [6.07, 6.45) is 0. The van der Waals surface area contributed by atoms with E-state index in [0.29, 0.717) is 18.7 Å². The third-order valence-corrected chi connectivity index (χ3v) is 4.60. The second kappa shape index (κ2) is 8.92. The molecule has 1 heterocycles. The molecule has 1 saturated heterocycles. The molecule has 138 valence electrons. The maximum atomic E-state index is 13.5. The van der Waals surface area contributed by atoms with Crippen LogP contribution in [-0.4, -0.2) is 55.1 Å². The van der Waals surface area contributed by atoms with Gasteiger partial charge in [0.1, 0.15) is 5.82 Å². The average Bonchev–Trinajstić information content (AvgIpc) is 2.65. The van der Waals surface area contributed by atoms with Crippen molar-refractivity contribution in [2.24, 2.45) is 0 Å². The number of aryl methyl sites for hydroxylation is 1. The first kappa shape index (κ1) is 18.5. The zero-order valence-electron chi connectivity index (χ0n) is 15.2. The van der Waals surface area contributed by atoms with E-state index < -0.39 is 0 Å². The van der Waals surface area contributed by atoms with Crippen molar-refractivity contribution in [3.8, 4) is 0 Å². The maximum Gasteiger partial charge on any atom is 0.254 e. The lowest BCUT2D eigenvalue weighted by molar-refractivity contribution is 0.0320. The molecule has 0 N–H and O–H groups in total. The first-order valence-electron chi connectivity index (χ1n) is 9.02. The van der Waals surface area contributed by atoms with Crippen molar-refractivity contribution in [1.29, 1.82) is 0 Å². The molecule has 0 atom stereocenters. The maximum absolute atomic E-state index is 13.5. The molecule has 0 spiro atoms. The highest BCUT2D eigenvalue weighted by Gasteiger charge is 2.19. The molecular weight excluding hydrogens is 331 g/mol. The van der Waals surface area contributed by atoms with Crippen LogP contribution in [0.2, 0.25) is 0 Å². The Kier molecular flexibility index (Phi) is 6.36. The van der Waals surface area contributed by atoms with Gasteiger partial charge in [-0.15, -0.1) is 0 Å². The standard InChI is InChI=1S/C21H25FN2O2/c1-17-4-2-6-19(14-17)21(25)24(9-8-23-10-12-26-13-11-23)16-18-5-3-7-20(22)15-18/h2-7,14-15H,8-13,16H2,1H3. The highest BCUT2D eigenvalue weighted by Crippen LogP contribution is 2.13. The van der Waals surface area contributed by atoms with Crippen molar-refractivity contribution >= 4 is 5.91 Å². The SMILES string of the molecule is Cc1cccc(C(=O)N(CCN2CCOCC2)Cc2cccc(F)c2)c1. The normalized spacial score (nSPS) is 15.0. The van der Waals surface area contributed by atoms with Crippen LogP contribution in [0.3, 0.4) is 0 Å². The topological polar surface area (TPSA) is 32.8 Å². The zero-order valence-corrected chi connectivity index (χ0v) is 15.2. The van der Waals surface area contributed by atoms with E-state index in [1.807, 2.05) is 37.3 Å². The van der Waals surface area contributed by atoms with E-state index >= 15 is 0 Å². The van der Waals surface area contributed by atoms with Crippen LogP contribution in [0.25, 0.3) is 0 Å². The van der Waals surface area contributed by atoms with Crippen molar-refractivity contribution < 1.29 is 13.9 Å². The number of amides is 1. The zero-order chi connectivity index (χ0) is 18.4. The molecule has 4 nitrogen and oxygen atoms in total. The number of carbonyl (C=O) groups is 1. The number of ether oxygens (including phenoxy) is 1. The number of hydrogen-bond donors (Lipinski definition) is 0. The molecule has 1 aliphatic heterocycles. The quantitative estimate of drug-likeness (QED) is 0.797. The molecule has 0 saturated carbocycles. The van der Waals surface area contributed by atoms with E-state index in [1.54, 1.807) is 11.0 Å². The van der Waals surface area contributed by atoms with Crippen LogP contribution in [0.5, 0.6) is 0 Å². The smallest absolute Gasteiger partial charge is 0.254 e. The molecule has 0 aromatic heterocycles. The van der Waals surface area contributed by atoms with Crippen LogP contribution < -0.4 is 0 Å². The van der Waals surface area contributed by atoms with Crippen molar-refractivity contribution in [3.05, 3.63) is 71.0 Å². The van der Waals surface area contributed by atoms with Crippen LogP contribution >= 0.6 is 0 Å². The van der Waals surface area contributed by atoms with Gasteiger partial charge in [0, 0.05) is 38.3 Å². The lowest BCUT2D eigenvalue weighted by atomic mass is 10.1. The van der Waals surface area contributed by atoms with Gasteiger partial charge in [-0.1, -0.05) is 29.8 Å². The van der Waals surface area contributed by atoms with Gasteiger partial charge in [-0.05, 0) is 36.8 Å². The summed E-state index contributed by atoms with van der Waals surface area (Å²) < 4.78 is 18.9. The summed E-state index contributed by atoms with van der Waals surface area (Å²) in [4.78, 5) is 17.1. The summed E-state index contributed by atoms with van der Waals surface area (Å²) in [6, 6.07) is 14.1. The molecule has 1 fully saturated rings. The first-order valence-corrected chi connectivity index (χ1v) is 9.02. The minimum atomic E-state index is -0.279. The summed E-state index contributed by atoms with van der Waals surface area (Å²) in [6.45, 7) is 6.99. The molecule has 2 aromatic carbocycles. The van der Waals surface area contributed by atoms with Crippen molar-refractivity contribution in [3.63, 3.8) is 0 Å². The number of carbonyl (C=O) groups excluding carboxylic acids is 1. The highest BCUT2D eigenvalue weighted by molar-refractivity contribution is 5.94. The summed E-state index contributed by atoms with van der Waals surface area (Å²) in [7, 11) is 0. The third kappa shape index (κ3) is 5.13. The first-order chi connectivity index (χ1) is 12.6. The minimum Gasteiger partial charge on any atom is -0.379 e. The second-order valence-corrected chi connectivity index (χ2v) is 6.68. The minimum absolute atomic E-state index is 0.0220. The van der Waals surface area contributed by atoms with Crippen molar-refractivity contribution in [1.82, 2.24) is 9.80 Å². The van der Waals surface area contributed by atoms with Crippen LogP contribution in [-0.2, 0) is 11.3 Å². The predicted octanol–water partition coefficient (Wildman–Crippen LogP) is 3.11. The van der Waals surface area contributed by atoms with Gasteiger partial charge in [-0.2, -0.15) is 0 Å². The van der Waals surface area contributed by atoms with Gasteiger partial charge in [0.2, 0.25) is 0 Å². The fourth-order valence-corrected chi connectivity index (χ4v) is 3.16. The molecular formula is C21H25FN2O2. The summed E-state index contributed by atoms with van der Waals surface area (Å²) in [5.74, 6) is -0.301. The number of benzene rings is 2. The number of nitrogens with zero attached hydrogens (tertiary/aromatic N) is 2. The molecule has 5 heteroatoms. The van der Waals surface area contributed by atoms with Gasteiger partial charge in [0.25, 0.3) is 5.91 Å². The van der Waals surface area contributed by atoms with Gasteiger partial charge < -0.3 is 9.64 Å². The van der Waals surface area contributed by atoms with Crippen molar-refractivity contribution in [2.45, 2.75) is 13.5 Å². The molecule has 0 bridgehead atoms. The average molecular weight is 356 g/mol. The fraction of sp³-hybridized carbons (Fsp3) is 0.381. The summed E-state index contributed by atoms with van der Waals surface area (Å²) in [5, 5.41) is 0. The Morgan fingerprint density at radius 1 is 1.15 bits per heavy atom. The Balaban J connectivity index is 1.74. The van der Waals surface area contributed by atoms with Crippen molar-refractivity contribution in [2.75, 3.05) is 39.4 Å². The molecule has 1 amide bonds. The van der Waals surface area contributed by atoms with E-state index in [2.05, 4.69) is 4.90 Å². The van der Waals surface area contributed by atoms with Gasteiger partial charge >= 0.3 is 0 Å². The van der Waals surface area contributed by atoms with Crippen LogP contribution in [0.1, 0.15) is 21.5 Å². The van der Waals surface area contributed by atoms with Gasteiger partial charge in [-0.25, -0.2) is 4.39 Å². The highest BCUT2D eigenvalue weighted by atomic mass is 19.1. The Bertz CT molecular complexity index is 744. The molecule has 0 unspecified atom stereocenters. The summed E-state index contributed by atoms with van der Waals surface area (Å²) in [5.41, 5.74) is 2.52. The van der Waals surface area contributed by atoms with Gasteiger partial charge in [0.15, 0.2) is 0 Å². The Labute approximate surface area is 154 Å². The van der Waals surface area contributed by atoms with Crippen LogP contribution in [0, 0.1) is 12.7 Å². The number of rotatable bonds is 6. The molecule has 3 rings (SSSR count). The molecule has 2 aromatic rings. The van der Waals surface area contributed by atoms with E-state index in [0.717, 1.165) is 44.0 Å². The van der Waals surface area contributed by atoms with E-state index in [1.165, 1.54) is 12.1 Å². The van der Waals surface area contributed by atoms with E-state index in [-0.39, 0.29) is 11.7 Å². The van der Waals surface area contributed by atoms with E-state index in [4.69, 9.17) is 4.74 Å². The lowest BCUT2D eigenvalue weighted by Gasteiger charge is -2.30. The van der Waals surface area contributed by atoms with E-state index in [9.17, 15) is 9.18 Å². The third-order valence-electron chi connectivity index (χ3n) is 4.60. The Morgan fingerprint density at radius 3 is 2.65 bits per heavy atom. The predicted molar refractivity (Wildman–Crippen MR) is 99.6 cm³/mol. The summed E-state index contributed by atoms with van der Waals surface area (Å²) >= 11 is 0. The monoisotopic (exact) mass is 356 g/mol. The Morgan fingerprint density at radius 2 is 1.92 bits per heavy atom. The fourth-order valence-electron chi connectivity index (χ4n) is 3.16. The molecule has 0 aliphatic carbocycles. The largest absolute Gasteiger partial charge is 0.379 e. The van der Waals surface area contributed by atoms with Crippen LogP contribution in [0.4, 0.5) is 4.39 Å². The van der Waals surface area contributed by atoms with Gasteiger partial charge in [0.05, 0.1) is 13.2 Å². The number of hydrogen-bond acceptors (Lipinski definition) is 3. The molecule has 0 radical (unpaired) electrons. The Hall–Kier alpha value is -2.24. The number of halogens is 1. The second-order valence-electron chi connectivity index (χ2n) is 6.68. The van der Waals surface area contributed by atoms with Crippen LogP contribution in [0.15, 0.2) is 48.5 Å². The number of morpholine rings is 1. The van der Waals surface area contributed by atoms with Gasteiger partial charge in [-0.3, -0.25) is 9.69 Å². The molecule has 1 aliphatic rings.